The van der Waals surface area contributed by atoms with Gasteiger partial charge in [0.2, 0.25) is 0 Å². The number of aliphatic hydroxyl groups excluding tert-OH is 2. The van der Waals surface area contributed by atoms with Gasteiger partial charge in [0.25, 0.3) is 0 Å². The molecule has 1 rings (SSSR count). The maximum absolute atomic E-state index is 12.6. The Morgan fingerprint density at radius 1 is 1.35 bits per heavy atom. The quantitative estimate of drug-likeness (QED) is 0.740. The summed E-state index contributed by atoms with van der Waals surface area (Å²) in [5.41, 5.74) is 3.52. The molecule has 96 valence electrons. The fourth-order valence-corrected chi connectivity index (χ4v) is 1.40. The normalized spacial score (nSPS) is 15.6. The minimum absolute atomic E-state index is 0.00492. The SMILES string of the molecule is NCCC(O)C(O)c1ncccc1C(F)(F)F. The zero-order valence-electron chi connectivity index (χ0n) is 8.85. The minimum Gasteiger partial charge on any atom is -0.390 e. The molecule has 0 saturated carbocycles. The zero-order chi connectivity index (χ0) is 13.1. The molecule has 0 aliphatic carbocycles. The lowest BCUT2D eigenvalue weighted by Crippen LogP contribution is -2.25. The Hall–Kier alpha value is -1.18. The Morgan fingerprint density at radius 2 is 2.00 bits per heavy atom. The number of alkyl halides is 3. The van der Waals surface area contributed by atoms with Crippen LogP contribution in [0.15, 0.2) is 18.3 Å². The highest BCUT2D eigenvalue weighted by molar-refractivity contribution is 5.25. The molecule has 0 spiro atoms. The van der Waals surface area contributed by atoms with E-state index in [9.17, 15) is 23.4 Å². The average molecular weight is 250 g/mol. The Bertz CT molecular complexity index is 371. The number of halogens is 3. The Morgan fingerprint density at radius 3 is 2.53 bits per heavy atom. The molecule has 0 bridgehead atoms. The van der Waals surface area contributed by atoms with E-state index in [-0.39, 0.29) is 13.0 Å². The van der Waals surface area contributed by atoms with E-state index < -0.39 is 29.6 Å². The van der Waals surface area contributed by atoms with Crippen LogP contribution in [-0.2, 0) is 6.18 Å². The summed E-state index contributed by atoms with van der Waals surface area (Å²) in [6.45, 7) is 0.0619. The van der Waals surface area contributed by atoms with Crippen LogP contribution in [0.3, 0.4) is 0 Å². The maximum Gasteiger partial charge on any atom is 0.418 e. The van der Waals surface area contributed by atoms with Gasteiger partial charge in [-0.15, -0.1) is 0 Å². The molecule has 1 aromatic heterocycles. The number of hydrogen-bond donors (Lipinski definition) is 3. The van der Waals surface area contributed by atoms with Gasteiger partial charge in [-0.3, -0.25) is 4.98 Å². The van der Waals surface area contributed by atoms with Crippen molar-refractivity contribution in [2.45, 2.75) is 24.8 Å². The first-order chi connectivity index (χ1) is 7.88. The van der Waals surface area contributed by atoms with Crippen LogP contribution in [0.2, 0.25) is 0 Å². The molecule has 2 unspecified atom stereocenters. The number of nitrogens with two attached hydrogens (primary N) is 1. The first-order valence-corrected chi connectivity index (χ1v) is 4.96. The average Bonchev–Trinajstić information content (AvgIpc) is 2.27. The molecule has 4 nitrogen and oxygen atoms in total. The summed E-state index contributed by atoms with van der Waals surface area (Å²) in [5.74, 6) is 0. The van der Waals surface area contributed by atoms with Gasteiger partial charge in [0.15, 0.2) is 0 Å². The number of pyridine rings is 1. The van der Waals surface area contributed by atoms with E-state index in [1.807, 2.05) is 0 Å². The van der Waals surface area contributed by atoms with Crippen LogP contribution < -0.4 is 5.73 Å². The standard InChI is InChI=1S/C10H13F3N2O2/c11-10(12,13)6-2-1-5-15-8(6)9(17)7(16)3-4-14/h1-2,5,7,9,16-17H,3-4,14H2. The third-order valence-corrected chi connectivity index (χ3v) is 2.25. The summed E-state index contributed by atoms with van der Waals surface area (Å²) in [6, 6.07) is 1.93. The first kappa shape index (κ1) is 13.9. The number of hydrogen-bond acceptors (Lipinski definition) is 4. The van der Waals surface area contributed by atoms with Crippen molar-refractivity contribution in [3.8, 4) is 0 Å². The molecule has 0 aliphatic heterocycles. The van der Waals surface area contributed by atoms with Crippen molar-refractivity contribution in [2.24, 2.45) is 5.73 Å². The summed E-state index contributed by atoms with van der Waals surface area (Å²) >= 11 is 0. The summed E-state index contributed by atoms with van der Waals surface area (Å²) < 4.78 is 37.8. The summed E-state index contributed by atoms with van der Waals surface area (Å²) in [7, 11) is 0. The highest BCUT2D eigenvalue weighted by Gasteiger charge is 2.37. The van der Waals surface area contributed by atoms with E-state index in [4.69, 9.17) is 5.73 Å². The number of rotatable bonds is 4. The molecule has 1 aromatic rings. The van der Waals surface area contributed by atoms with E-state index in [1.54, 1.807) is 0 Å². The Balaban J connectivity index is 3.05. The molecule has 7 heteroatoms. The van der Waals surface area contributed by atoms with Crippen molar-refractivity contribution in [3.63, 3.8) is 0 Å². The van der Waals surface area contributed by atoms with Gasteiger partial charge in [-0.05, 0) is 25.1 Å². The van der Waals surface area contributed by atoms with Crippen molar-refractivity contribution in [1.29, 1.82) is 0 Å². The van der Waals surface area contributed by atoms with E-state index in [2.05, 4.69) is 4.98 Å². The smallest absolute Gasteiger partial charge is 0.390 e. The number of aliphatic hydroxyl groups is 2. The molecule has 0 radical (unpaired) electrons. The summed E-state index contributed by atoms with van der Waals surface area (Å²) in [5, 5.41) is 19.0. The van der Waals surface area contributed by atoms with Crippen LogP contribution in [0.5, 0.6) is 0 Å². The van der Waals surface area contributed by atoms with Gasteiger partial charge < -0.3 is 15.9 Å². The van der Waals surface area contributed by atoms with E-state index >= 15 is 0 Å². The number of nitrogens with zero attached hydrogens (tertiary/aromatic N) is 1. The highest BCUT2D eigenvalue weighted by Crippen LogP contribution is 2.34. The molecule has 0 aliphatic rings. The molecular formula is C10H13F3N2O2. The summed E-state index contributed by atoms with van der Waals surface area (Å²) in [6.07, 6.45) is -6.56. The second-order valence-electron chi connectivity index (χ2n) is 3.52. The molecule has 1 heterocycles. The monoisotopic (exact) mass is 250 g/mol. The van der Waals surface area contributed by atoms with Crippen LogP contribution >= 0.6 is 0 Å². The number of aromatic nitrogens is 1. The molecule has 4 N–H and O–H groups in total. The molecule has 0 fully saturated rings. The van der Waals surface area contributed by atoms with Crippen molar-refractivity contribution in [2.75, 3.05) is 6.54 Å². The van der Waals surface area contributed by atoms with E-state index in [0.717, 1.165) is 18.3 Å². The lowest BCUT2D eigenvalue weighted by atomic mass is 10.0. The highest BCUT2D eigenvalue weighted by atomic mass is 19.4. The van der Waals surface area contributed by atoms with Gasteiger partial charge in [0, 0.05) is 6.20 Å². The minimum atomic E-state index is -4.62. The zero-order valence-corrected chi connectivity index (χ0v) is 8.85. The molecule has 0 amide bonds. The second-order valence-corrected chi connectivity index (χ2v) is 3.52. The van der Waals surface area contributed by atoms with Gasteiger partial charge in [-0.1, -0.05) is 0 Å². The van der Waals surface area contributed by atoms with Crippen LogP contribution in [-0.4, -0.2) is 27.8 Å². The Kier molecular flexibility index (Phi) is 4.44. The fourth-order valence-electron chi connectivity index (χ4n) is 1.40. The van der Waals surface area contributed by atoms with Gasteiger partial charge in [-0.2, -0.15) is 13.2 Å². The van der Waals surface area contributed by atoms with Gasteiger partial charge >= 0.3 is 6.18 Å². The van der Waals surface area contributed by atoms with E-state index in [0.29, 0.717) is 0 Å². The molecular weight excluding hydrogens is 237 g/mol. The summed E-state index contributed by atoms with van der Waals surface area (Å²) in [4.78, 5) is 3.48. The topological polar surface area (TPSA) is 79.4 Å². The predicted molar refractivity (Wildman–Crippen MR) is 53.9 cm³/mol. The lowest BCUT2D eigenvalue weighted by molar-refractivity contribution is -0.140. The van der Waals surface area contributed by atoms with Crippen LogP contribution in [0.1, 0.15) is 23.8 Å². The molecule has 0 saturated heterocycles. The van der Waals surface area contributed by atoms with Crippen molar-refractivity contribution in [3.05, 3.63) is 29.6 Å². The molecule has 17 heavy (non-hydrogen) atoms. The molecule has 2 atom stereocenters. The largest absolute Gasteiger partial charge is 0.418 e. The Labute approximate surface area is 95.9 Å². The molecule has 0 aromatic carbocycles. The lowest BCUT2D eigenvalue weighted by Gasteiger charge is -2.20. The first-order valence-electron chi connectivity index (χ1n) is 4.96. The van der Waals surface area contributed by atoms with Crippen LogP contribution in [0.25, 0.3) is 0 Å². The maximum atomic E-state index is 12.6. The van der Waals surface area contributed by atoms with Crippen molar-refractivity contribution >= 4 is 0 Å². The van der Waals surface area contributed by atoms with Gasteiger partial charge in [0.05, 0.1) is 17.4 Å². The third kappa shape index (κ3) is 3.39. The second kappa shape index (κ2) is 5.44. The predicted octanol–water partition coefficient (Wildman–Crippen LogP) is 0.843. The van der Waals surface area contributed by atoms with Gasteiger partial charge in [0.1, 0.15) is 6.10 Å². The van der Waals surface area contributed by atoms with Gasteiger partial charge in [-0.25, -0.2) is 0 Å². The van der Waals surface area contributed by atoms with Crippen LogP contribution in [0.4, 0.5) is 13.2 Å². The third-order valence-electron chi connectivity index (χ3n) is 2.25. The fraction of sp³-hybridized carbons (Fsp3) is 0.500. The van der Waals surface area contributed by atoms with Crippen LogP contribution in [0, 0.1) is 0 Å². The van der Waals surface area contributed by atoms with Crippen molar-refractivity contribution in [1.82, 2.24) is 4.98 Å². The van der Waals surface area contributed by atoms with Crippen molar-refractivity contribution < 1.29 is 23.4 Å². The van der Waals surface area contributed by atoms with E-state index in [1.165, 1.54) is 0 Å².